The number of hydrogen-bond donors (Lipinski definition) is 2. The fraction of sp³-hybridized carbons (Fsp3) is 0.300. The Morgan fingerprint density at radius 1 is 1.39 bits per heavy atom. The first-order chi connectivity index (χ1) is 7.92. The van der Waals surface area contributed by atoms with Crippen LogP contribution in [-0.4, -0.2) is 18.9 Å². The van der Waals surface area contributed by atoms with Crippen molar-refractivity contribution in [2.45, 2.75) is 13.3 Å². The zero-order chi connectivity index (χ0) is 12.9. The SMILES string of the molecule is CCN=C(N)Nc1ccccc1OC(F)(F)F.I. The van der Waals surface area contributed by atoms with Crippen molar-refractivity contribution in [3.63, 3.8) is 0 Å². The fourth-order valence-electron chi connectivity index (χ4n) is 1.13. The molecule has 0 heterocycles. The molecule has 0 fully saturated rings. The summed E-state index contributed by atoms with van der Waals surface area (Å²) in [6, 6.07) is 5.60. The van der Waals surface area contributed by atoms with Gasteiger partial charge in [-0.2, -0.15) is 0 Å². The first-order valence-corrected chi connectivity index (χ1v) is 4.84. The minimum Gasteiger partial charge on any atom is -0.404 e. The third kappa shape index (κ3) is 5.94. The number of ether oxygens (including phenoxy) is 1. The van der Waals surface area contributed by atoms with Gasteiger partial charge in [-0.1, -0.05) is 12.1 Å². The smallest absolute Gasteiger partial charge is 0.404 e. The average molecular weight is 375 g/mol. The Hall–Kier alpha value is -1.19. The van der Waals surface area contributed by atoms with Crippen LogP contribution >= 0.6 is 24.0 Å². The van der Waals surface area contributed by atoms with Crippen LogP contribution in [0.15, 0.2) is 29.3 Å². The van der Waals surface area contributed by atoms with Gasteiger partial charge in [0, 0.05) is 6.54 Å². The number of rotatable bonds is 3. The van der Waals surface area contributed by atoms with E-state index in [2.05, 4.69) is 15.0 Å². The molecule has 1 aromatic carbocycles. The van der Waals surface area contributed by atoms with Crippen LogP contribution in [-0.2, 0) is 0 Å². The number of nitrogens with one attached hydrogen (secondary N) is 1. The predicted octanol–water partition coefficient (Wildman–Crippen LogP) is 2.95. The summed E-state index contributed by atoms with van der Waals surface area (Å²) < 4.78 is 40.1. The highest BCUT2D eigenvalue weighted by molar-refractivity contribution is 14.0. The molecule has 1 aromatic rings. The van der Waals surface area contributed by atoms with Crippen molar-refractivity contribution in [3.05, 3.63) is 24.3 Å². The van der Waals surface area contributed by atoms with Gasteiger partial charge in [0.1, 0.15) is 0 Å². The second-order valence-corrected chi connectivity index (χ2v) is 3.03. The van der Waals surface area contributed by atoms with Crippen LogP contribution in [0.4, 0.5) is 18.9 Å². The Bertz CT molecular complexity index is 410. The van der Waals surface area contributed by atoms with Crippen LogP contribution in [0, 0.1) is 0 Å². The van der Waals surface area contributed by atoms with Crippen LogP contribution in [0.1, 0.15) is 6.92 Å². The molecule has 0 amide bonds. The molecular weight excluding hydrogens is 362 g/mol. The summed E-state index contributed by atoms with van der Waals surface area (Å²) in [6.45, 7) is 2.19. The minimum absolute atomic E-state index is 0. The van der Waals surface area contributed by atoms with Gasteiger partial charge in [0.15, 0.2) is 11.7 Å². The van der Waals surface area contributed by atoms with Gasteiger partial charge in [-0.15, -0.1) is 37.1 Å². The Labute approximate surface area is 119 Å². The lowest BCUT2D eigenvalue weighted by Gasteiger charge is -2.13. The highest BCUT2D eigenvalue weighted by Gasteiger charge is 2.32. The van der Waals surface area contributed by atoms with Crippen molar-refractivity contribution in [3.8, 4) is 5.75 Å². The van der Waals surface area contributed by atoms with Crippen molar-refractivity contribution in [1.29, 1.82) is 0 Å². The topological polar surface area (TPSA) is 59.6 Å². The number of nitrogens with two attached hydrogens (primary N) is 1. The number of nitrogens with zero attached hydrogens (tertiary/aromatic N) is 1. The van der Waals surface area contributed by atoms with Gasteiger partial charge >= 0.3 is 6.36 Å². The molecule has 18 heavy (non-hydrogen) atoms. The van der Waals surface area contributed by atoms with Gasteiger partial charge in [-0.25, -0.2) is 0 Å². The van der Waals surface area contributed by atoms with E-state index in [0.29, 0.717) is 6.54 Å². The predicted molar refractivity (Wildman–Crippen MR) is 74.3 cm³/mol. The molecule has 102 valence electrons. The van der Waals surface area contributed by atoms with Crippen molar-refractivity contribution in [1.82, 2.24) is 0 Å². The number of aliphatic imine (C=N–C) groups is 1. The summed E-state index contributed by atoms with van der Waals surface area (Å²) in [5.41, 5.74) is 5.56. The largest absolute Gasteiger partial charge is 0.573 e. The number of halogens is 4. The highest BCUT2D eigenvalue weighted by Crippen LogP contribution is 2.29. The van der Waals surface area contributed by atoms with E-state index < -0.39 is 6.36 Å². The van der Waals surface area contributed by atoms with E-state index in [4.69, 9.17) is 5.73 Å². The normalized spacial score (nSPS) is 11.7. The molecule has 0 unspecified atom stereocenters. The van der Waals surface area contributed by atoms with Gasteiger partial charge in [-0.3, -0.25) is 4.99 Å². The molecule has 0 aliphatic rings. The fourth-order valence-corrected chi connectivity index (χ4v) is 1.13. The van der Waals surface area contributed by atoms with E-state index in [0.717, 1.165) is 0 Å². The van der Waals surface area contributed by atoms with Crippen LogP contribution in [0.5, 0.6) is 5.75 Å². The standard InChI is InChI=1S/C10H12F3N3O.HI/c1-2-15-9(14)16-7-5-3-4-6-8(7)17-10(11,12)13;/h3-6H,2H2,1H3,(H3,14,15,16);1H. The molecule has 0 aliphatic heterocycles. The second kappa shape index (κ2) is 7.29. The highest BCUT2D eigenvalue weighted by atomic mass is 127. The maximum absolute atomic E-state index is 12.1. The van der Waals surface area contributed by atoms with E-state index in [9.17, 15) is 13.2 Å². The first-order valence-electron chi connectivity index (χ1n) is 4.84. The van der Waals surface area contributed by atoms with Crippen LogP contribution in [0.3, 0.4) is 0 Å². The molecule has 0 aromatic heterocycles. The first kappa shape index (κ1) is 16.8. The number of hydrogen-bond acceptors (Lipinski definition) is 2. The van der Waals surface area contributed by atoms with Gasteiger partial charge < -0.3 is 15.8 Å². The lowest BCUT2D eigenvalue weighted by Crippen LogP contribution is -2.24. The van der Waals surface area contributed by atoms with Gasteiger partial charge in [0.05, 0.1) is 5.69 Å². The van der Waals surface area contributed by atoms with E-state index in [1.807, 2.05) is 0 Å². The molecule has 0 saturated heterocycles. The summed E-state index contributed by atoms with van der Waals surface area (Å²) in [5.74, 6) is -0.319. The molecule has 4 nitrogen and oxygen atoms in total. The van der Waals surface area contributed by atoms with E-state index in [1.165, 1.54) is 18.2 Å². The molecule has 0 atom stereocenters. The quantitative estimate of drug-likeness (QED) is 0.485. The molecule has 0 spiro atoms. The van der Waals surface area contributed by atoms with Gasteiger partial charge in [-0.05, 0) is 19.1 Å². The summed E-state index contributed by atoms with van der Waals surface area (Å²) in [5, 5.41) is 2.54. The summed E-state index contributed by atoms with van der Waals surface area (Å²) >= 11 is 0. The molecule has 0 aliphatic carbocycles. The Morgan fingerprint density at radius 2 is 2.00 bits per heavy atom. The Kier molecular flexibility index (Phi) is 6.81. The number of anilines is 1. The van der Waals surface area contributed by atoms with Crippen LogP contribution in [0.25, 0.3) is 0 Å². The number of benzene rings is 1. The lowest BCUT2D eigenvalue weighted by atomic mass is 10.3. The molecule has 3 N–H and O–H groups in total. The van der Waals surface area contributed by atoms with Crippen LogP contribution in [0.2, 0.25) is 0 Å². The van der Waals surface area contributed by atoms with Gasteiger partial charge in [0.25, 0.3) is 0 Å². The van der Waals surface area contributed by atoms with Gasteiger partial charge in [0.2, 0.25) is 0 Å². The number of para-hydroxylation sites is 2. The van der Waals surface area contributed by atoms with E-state index in [-0.39, 0.29) is 41.4 Å². The van der Waals surface area contributed by atoms with Crippen molar-refractivity contribution < 1.29 is 17.9 Å². The molecule has 0 bridgehead atoms. The third-order valence-corrected chi connectivity index (χ3v) is 1.70. The minimum atomic E-state index is -4.74. The van der Waals surface area contributed by atoms with Crippen molar-refractivity contribution in [2.75, 3.05) is 11.9 Å². The number of guanidine groups is 1. The number of alkyl halides is 3. The summed E-state index contributed by atoms with van der Waals surface area (Å²) in [7, 11) is 0. The monoisotopic (exact) mass is 375 g/mol. The summed E-state index contributed by atoms with van der Waals surface area (Å²) in [4.78, 5) is 3.80. The Morgan fingerprint density at radius 3 is 2.56 bits per heavy atom. The zero-order valence-corrected chi connectivity index (χ0v) is 11.8. The third-order valence-electron chi connectivity index (χ3n) is 1.70. The van der Waals surface area contributed by atoms with Crippen LogP contribution < -0.4 is 15.8 Å². The van der Waals surface area contributed by atoms with E-state index in [1.54, 1.807) is 13.0 Å². The lowest BCUT2D eigenvalue weighted by molar-refractivity contribution is -0.274. The zero-order valence-electron chi connectivity index (χ0n) is 9.49. The second-order valence-electron chi connectivity index (χ2n) is 3.03. The summed E-state index contributed by atoms with van der Waals surface area (Å²) in [6.07, 6.45) is -4.74. The maximum atomic E-state index is 12.1. The molecule has 8 heteroatoms. The molecule has 1 rings (SSSR count). The molecule has 0 radical (unpaired) electrons. The van der Waals surface area contributed by atoms with Crippen molar-refractivity contribution in [2.24, 2.45) is 10.7 Å². The average Bonchev–Trinajstić information content (AvgIpc) is 2.19. The molecular formula is C10H13F3IN3O. The Balaban J connectivity index is 0.00000289. The molecule has 0 saturated carbocycles. The van der Waals surface area contributed by atoms with E-state index >= 15 is 0 Å². The van der Waals surface area contributed by atoms with Crippen molar-refractivity contribution >= 4 is 35.6 Å². The maximum Gasteiger partial charge on any atom is 0.573 e.